The van der Waals surface area contributed by atoms with E-state index in [2.05, 4.69) is 43.4 Å². The zero-order valence-corrected chi connectivity index (χ0v) is 13.4. The standard InChI is InChI=1S/C18H27NO2/c1-4-21-18(20)16-6-5-7-17(12-16)19-14(3)15-10-8-13(2)9-11-15/h8-11,14,16-17,19H,4-7,12H2,1-3H3. The van der Waals surface area contributed by atoms with E-state index < -0.39 is 0 Å². The third kappa shape index (κ3) is 4.57. The van der Waals surface area contributed by atoms with Gasteiger partial charge in [-0.25, -0.2) is 0 Å². The van der Waals surface area contributed by atoms with Gasteiger partial charge < -0.3 is 10.1 Å². The smallest absolute Gasteiger partial charge is 0.308 e. The maximum Gasteiger partial charge on any atom is 0.308 e. The van der Waals surface area contributed by atoms with Crippen molar-refractivity contribution in [1.29, 1.82) is 0 Å². The highest BCUT2D eigenvalue weighted by Gasteiger charge is 2.28. The van der Waals surface area contributed by atoms with Crippen molar-refractivity contribution < 1.29 is 9.53 Å². The highest BCUT2D eigenvalue weighted by atomic mass is 16.5. The van der Waals surface area contributed by atoms with Gasteiger partial charge in [-0.1, -0.05) is 36.2 Å². The summed E-state index contributed by atoms with van der Waals surface area (Å²) in [6, 6.07) is 9.38. The Balaban J connectivity index is 1.89. The van der Waals surface area contributed by atoms with Crippen LogP contribution in [0.15, 0.2) is 24.3 Å². The van der Waals surface area contributed by atoms with Crippen molar-refractivity contribution in [2.24, 2.45) is 5.92 Å². The van der Waals surface area contributed by atoms with Crippen molar-refractivity contribution in [3.63, 3.8) is 0 Å². The van der Waals surface area contributed by atoms with Gasteiger partial charge in [-0.05, 0) is 45.6 Å². The van der Waals surface area contributed by atoms with Gasteiger partial charge in [0, 0.05) is 12.1 Å². The lowest BCUT2D eigenvalue weighted by Crippen LogP contribution is -2.38. The average Bonchev–Trinajstić information content (AvgIpc) is 2.48. The summed E-state index contributed by atoms with van der Waals surface area (Å²) in [5.41, 5.74) is 2.59. The fraction of sp³-hybridized carbons (Fsp3) is 0.611. The molecule has 0 aliphatic heterocycles. The van der Waals surface area contributed by atoms with E-state index in [0.29, 0.717) is 18.7 Å². The first-order valence-electron chi connectivity index (χ1n) is 8.09. The molecule has 0 aromatic heterocycles. The van der Waals surface area contributed by atoms with Crippen LogP contribution in [-0.4, -0.2) is 18.6 Å². The summed E-state index contributed by atoms with van der Waals surface area (Å²) in [5, 5.41) is 3.67. The van der Waals surface area contributed by atoms with Crippen LogP contribution in [0.25, 0.3) is 0 Å². The minimum Gasteiger partial charge on any atom is -0.466 e. The third-order valence-corrected chi connectivity index (χ3v) is 4.36. The van der Waals surface area contributed by atoms with E-state index in [0.717, 1.165) is 25.7 Å². The summed E-state index contributed by atoms with van der Waals surface area (Å²) in [6.45, 7) is 6.65. The molecule has 0 heterocycles. The predicted molar refractivity (Wildman–Crippen MR) is 85.1 cm³/mol. The summed E-state index contributed by atoms with van der Waals surface area (Å²) in [6.07, 6.45) is 4.11. The molecule has 0 spiro atoms. The van der Waals surface area contributed by atoms with Crippen LogP contribution in [0.4, 0.5) is 0 Å². The second kappa shape index (κ2) is 7.60. The maximum absolute atomic E-state index is 11.9. The van der Waals surface area contributed by atoms with Crippen LogP contribution >= 0.6 is 0 Å². The van der Waals surface area contributed by atoms with Crippen LogP contribution in [0.2, 0.25) is 0 Å². The monoisotopic (exact) mass is 289 g/mol. The molecule has 1 aromatic rings. The number of hydrogen-bond donors (Lipinski definition) is 1. The molecule has 0 amide bonds. The van der Waals surface area contributed by atoms with Gasteiger partial charge in [-0.2, -0.15) is 0 Å². The maximum atomic E-state index is 11.9. The number of carbonyl (C=O) groups is 1. The van der Waals surface area contributed by atoms with E-state index in [-0.39, 0.29) is 11.9 Å². The molecule has 0 radical (unpaired) electrons. The van der Waals surface area contributed by atoms with E-state index in [1.165, 1.54) is 11.1 Å². The van der Waals surface area contributed by atoms with Gasteiger partial charge >= 0.3 is 5.97 Å². The average molecular weight is 289 g/mol. The lowest BCUT2D eigenvalue weighted by Gasteiger charge is -2.31. The summed E-state index contributed by atoms with van der Waals surface area (Å²) in [7, 11) is 0. The topological polar surface area (TPSA) is 38.3 Å². The lowest BCUT2D eigenvalue weighted by molar-refractivity contribution is -0.149. The number of hydrogen-bond acceptors (Lipinski definition) is 3. The first-order valence-corrected chi connectivity index (χ1v) is 8.09. The first-order chi connectivity index (χ1) is 10.1. The molecule has 1 aliphatic carbocycles. The molecule has 0 bridgehead atoms. The van der Waals surface area contributed by atoms with E-state index >= 15 is 0 Å². The van der Waals surface area contributed by atoms with E-state index in [4.69, 9.17) is 4.74 Å². The summed E-state index contributed by atoms with van der Waals surface area (Å²) in [4.78, 5) is 11.9. The Morgan fingerprint density at radius 1 is 1.33 bits per heavy atom. The molecule has 3 unspecified atom stereocenters. The molecule has 1 aromatic carbocycles. The first kappa shape index (κ1) is 16.0. The number of rotatable bonds is 5. The Morgan fingerprint density at radius 3 is 2.71 bits per heavy atom. The number of aryl methyl sites for hydroxylation is 1. The SMILES string of the molecule is CCOC(=O)C1CCCC(NC(C)c2ccc(C)cc2)C1. The number of nitrogens with one attached hydrogen (secondary N) is 1. The highest BCUT2D eigenvalue weighted by Crippen LogP contribution is 2.27. The van der Waals surface area contributed by atoms with Gasteiger partial charge in [0.05, 0.1) is 12.5 Å². The second-order valence-electron chi connectivity index (χ2n) is 6.11. The number of esters is 1. The third-order valence-electron chi connectivity index (χ3n) is 4.36. The van der Waals surface area contributed by atoms with Crippen LogP contribution in [0.3, 0.4) is 0 Å². The summed E-state index contributed by atoms with van der Waals surface area (Å²) < 4.78 is 5.17. The van der Waals surface area contributed by atoms with Gasteiger partial charge in [0.25, 0.3) is 0 Å². The second-order valence-corrected chi connectivity index (χ2v) is 6.11. The van der Waals surface area contributed by atoms with Gasteiger partial charge in [0.15, 0.2) is 0 Å². The Bertz CT molecular complexity index is 455. The van der Waals surface area contributed by atoms with E-state index in [1.54, 1.807) is 0 Å². The Labute approximate surface area is 128 Å². The molecule has 3 nitrogen and oxygen atoms in total. The normalized spacial score (nSPS) is 23.6. The van der Waals surface area contributed by atoms with Crippen LogP contribution in [0, 0.1) is 12.8 Å². The van der Waals surface area contributed by atoms with Crippen molar-refractivity contribution in [1.82, 2.24) is 5.32 Å². The molecule has 3 heteroatoms. The molecule has 3 atom stereocenters. The number of ether oxygens (including phenoxy) is 1. The number of benzene rings is 1. The zero-order valence-electron chi connectivity index (χ0n) is 13.4. The van der Waals surface area contributed by atoms with Gasteiger partial charge in [0.2, 0.25) is 0 Å². The fourth-order valence-corrected chi connectivity index (χ4v) is 3.12. The van der Waals surface area contributed by atoms with Crippen LogP contribution < -0.4 is 5.32 Å². The minimum atomic E-state index is -0.0213. The van der Waals surface area contributed by atoms with Gasteiger partial charge in [0.1, 0.15) is 0 Å². The highest BCUT2D eigenvalue weighted by molar-refractivity contribution is 5.72. The summed E-state index contributed by atoms with van der Waals surface area (Å²) >= 11 is 0. The van der Waals surface area contributed by atoms with Crippen molar-refractivity contribution in [3.8, 4) is 0 Å². The molecule has 2 rings (SSSR count). The molecule has 1 saturated carbocycles. The van der Waals surface area contributed by atoms with Crippen LogP contribution in [0.1, 0.15) is 56.7 Å². The molecule has 21 heavy (non-hydrogen) atoms. The lowest BCUT2D eigenvalue weighted by atomic mass is 9.85. The van der Waals surface area contributed by atoms with Crippen molar-refractivity contribution >= 4 is 5.97 Å². The van der Waals surface area contributed by atoms with Crippen LogP contribution in [0.5, 0.6) is 0 Å². The Morgan fingerprint density at radius 2 is 2.05 bits per heavy atom. The molecule has 1 aliphatic rings. The fourth-order valence-electron chi connectivity index (χ4n) is 3.12. The minimum absolute atomic E-state index is 0.0213. The number of carbonyl (C=O) groups excluding carboxylic acids is 1. The predicted octanol–water partition coefficient (Wildman–Crippen LogP) is 3.77. The summed E-state index contributed by atoms with van der Waals surface area (Å²) in [5.74, 6) is 0.0495. The molecule has 0 saturated heterocycles. The van der Waals surface area contributed by atoms with Gasteiger partial charge in [-0.15, -0.1) is 0 Å². The van der Waals surface area contributed by atoms with Crippen molar-refractivity contribution in [2.45, 2.75) is 58.5 Å². The van der Waals surface area contributed by atoms with E-state index in [1.807, 2.05) is 6.92 Å². The van der Waals surface area contributed by atoms with Crippen molar-refractivity contribution in [3.05, 3.63) is 35.4 Å². The van der Waals surface area contributed by atoms with Gasteiger partial charge in [-0.3, -0.25) is 4.79 Å². The molecule has 1 N–H and O–H groups in total. The molecule has 116 valence electrons. The largest absolute Gasteiger partial charge is 0.466 e. The Hall–Kier alpha value is -1.35. The Kier molecular flexibility index (Phi) is 5.80. The molecular weight excluding hydrogens is 262 g/mol. The molecular formula is C18H27NO2. The van der Waals surface area contributed by atoms with Crippen LogP contribution in [-0.2, 0) is 9.53 Å². The zero-order chi connectivity index (χ0) is 15.2. The van der Waals surface area contributed by atoms with Crippen molar-refractivity contribution in [2.75, 3.05) is 6.61 Å². The van der Waals surface area contributed by atoms with E-state index in [9.17, 15) is 4.79 Å². The quantitative estimate of drug-likeness (QED) is 0.839. The molecule has 1 fully saturated rings.